The highest BCUT2D eigenvalue weighted by molar-refractivity contribution is 5.98. The van der Waals surface area contributed by atoms with Crippen LogP contribution in [0.25, 0.3) is 11.1 Å². The Morgan fingerprint density at radius 2 is 1.95 bits per heavy atom. The van der Waals surface area contributed by atoms with Crippen LogP contribution in [0.15, 0.2) is 48.5 Å². The molecule has 3 heteroatoms. The molecule has 22 heavy (non-hydrogen) atoms. The highest BCUT2D eigenvalue weighted by atomic mass is 19.1. The first-order chi connectivity index (χ1) is 10.6. The van der Waals surface area contributed by atoms with E-state index in [0.717, 1.165) is 31.5 Å². The predicted molar refractivity (Wildman–Crippen MR) is 86.4 cm³/mol. The Balaban J connectivity index is 1.84. The average molecular weight is 297 g/mol. The molecule has 1 aliphatic rings. The van der Waals surface area contributed by atoms with E-state index in [4.69, 9.17) is 0 Å². The summed E-state index contributed by atoms with van der Waals surface area (Å²) in [4.78, 5) is 14.7. The van der Waals surface area contributed by atoms with Gasteiger partial charge in [-0.25, -0.2) is 4.39 Å². The van der Waals surface area contributed by atoms with Gasteiger partial charge in [0.1, 0.15) is 5.82 Å². The summed E-state index contributed by atoms with van der Waals surface area (Å²) in [5, 5.41) is 0. The van der Waals surface area contributed by atoms with E-state index in [1.807, 2.05) is 37.4 Å². The van der Waals surface area contributed by atoms with Gasteiger partial charge in [0.2, 0.25) is 0 Å². The van der Waals surface area contributed by atoms with Crippen LogP contribution in [0.3, 0.4) is 0 Å². The summed E-state index contributed by atoms with van der Waals surface area (Å²) in [7, 11) is 2.03. The Bertz CT molecular complexity index is 668. The fourth-order valence-electron chi connectivity index (χ4n) is 3.14. The number of likely N-dealkylation sites (tertiary alicyclic amines) is 1. The van der Waals surface area contributed by atoms with Crippen molar-refractivity contribution >= 4 is 5.78 Å². The summed E-state index contributed by atoms with van der Waals surface area (Å²) < 4.78 is 14.4. The van der Waals surface area contributed by atoms with Crippen molar-refractivity contribution < 1.29 is 9.18 Å². The van der Waals surface area contributed by atoms with Crippen LogP contribution in [-0.4, -0.2) is 30.8 Å². The molecule has 0 aromatic heterocycles. The van der Waals surface area contributed by atoms with Gasteiger partial charge in [-0.1, -0.05) is 42.5 Å². The third-order valence-electron chi connectivity index (χ3n) is 4.33. The molecule has 0 N–H and O–H groups in total. The lowest BCUT2D eigenvalue weighted by Gasteiger charge is -2.28. The van der Waals surface area contributed by atoms with Gasteiger partial charge in [0.15, 0.2) is 5.78 Å². The highest BCUT2D eigenvalue weighted by Crippen LogP contribution is 2.26. The van der Waals surface area contributed by atoms with Crippen LogP contribution >= 0.6 is 0 Å². The van der Waals surface area contributed by atoms with Gasteiger partial charge < -0.3 is 4.90 Å². The van der Waals surface area contributed by atoms with Crippen LogP contribution in [0.1, 0.15) is 23.2 Å². The van der Waals surface area contributed by atoms with Gasteiger partial charge in [-0.3, -0.25) is 4.79 Å². The Hall–Kier alpha value is -2.00. The molecule has 1 heterocycles. The second kappa shape index (κ2) is 6.41. The van der Waals surface area contributed by atoms with Crippen LogP contribution in [0.2, 0.25) is 0 Å². The van der Waals surface area contributed by atoms with E-state index in [0.29, 0.717) is 11.1 Å². The molecule has 2 nitrogen and oxygen atoms in total. The van der Waals surface area contributed by atoms with Crippen molar-refractivity contribution in [1.29, 1.82) is 0 Å². The minimum Gasteiger partial charge on any atom is -0.306 e. The van der Waals surface area contributed by atoms with E-state index in [2.05, 4.69) is 4.90 Å². The van der Waals surface area contributed by atoms with Crippen molar-refractivity contribution in [3.05, 3.63) is 59.9 Å². The molecule has 0 unspecified atom stereocenters. The number of ketones is 1. The van der Waals surface area contributed by atoms with Gasteiger partial charge in [0, 0.05) is 23.6 Å². The molecule has 1 fully saturated rings. The van der Waals surface area contributed by atoms with Crippen LogP contribution < -0.4 is 0 Å². The van der Waals surface area contributed by atoms with E-state index in [-0.39, 0.29) is 17.5 Å². The Labute approximate surface area is 130 Å². The number of Topliss-reactive ketones (excluding diaryl/α,β-unsaturated/α-hetero) is 1. The molecule has 2 aromatic carbocycles. The van der Waals surface area contributed by atoms with Crippen molar-refractivity contribution in [2.45, 2.75) is 12.8 Å². The Morgan fingerprint density at radius 1 is 1.18 bits per heavy atom. The van der Waals surface area contributed by atoms with Crippen molar-refractivity contribution in [2.24, 2.45) is 5.92 Å². The number of nitrogens with zero attached hydrogens (tertiary/aromatic N) is 1. The predicted octanol–water partition coefficient (Wildman–Crippen LogP) is 4.02. The number of rotatable bonds is 3. The number of carbonyl (C=O) groups excluding carboxylic acids is 1. The quantitative estimate of drug-likeness (QED) is 0.798. The van der Waals surface area contributed by atoms with E-state index in [1.165, 1.54) is 6.07 Å². The second-order valence-electron chi connectivity index (χ2n) is 6.03. The summed E-state index contributed by atoms with van der Waals surface area (Å²) in [5.41, 5.74) is 1.85. The zero-order chi connectivity index (χ0) is 15.5. The number of piperidine rings is 1. The van der Waals surface area contributed by atoms with Crippen LogP contribution in [0.5, 0.6) is 0 Å². The first-order valence-electron chi connectivity index (χ1n) is 7.73. The Morgan fingerprint density at radius 3 is 2.64 bits per heavy atom. The van der Waals surface area contributed by atoms with Gasteiger partial charge in [-0.05, 0) is 38.1 Å². The third-order valence-corrected chi connectivity index (χ3v) is 4.33. The largest absolute Gasteiger partial charge is 0.306 e. The van der Waals surface area contributed by atoms with Crippen molar-refractivity contribution in [3.8, 4) is 11.1 Å². The zero-order valence-corrected chi connectivity index (χ0v) is 12.8. The maximum absolute atomic E-state index is 14.4. The van der Waals surface area contributed by atoms with Gasteiger partial charge in [-0.15, -0.1) is 0 Å². The van der Waals surface area contributed by atoms with E-state index in [1.54, 1.807) is 12.1 Å². The molecular formula is C19H20FNO. The molecule has 0 amide bonds. The summed E-state index contributed by atoms with van der Waals surface area (Å²) in [6.07, 6.45) is 1.92. The van der Waals surface area contributed by atoms with Gasteiger partial charge in [-0.2, -0.15) is 0 Å². The van der Waals surface area contributed by atoms with E-state index >= 15 is 0 Å². The lowest BCUT2D eigenvalue weighted by atomic mass is 9.89. The minimum absolute atomic E-state index is 0.0132. The normalized spacial score (nSPS) is 19.1. The van der Waals surface area contributed by atoms with Crippen LogP contribution in [0.4, 0.5) is 4.39 Å². The summed E-state index contributed by atoms with van der Waals surface area (Å²) in [6, 6.07) is 14.3. The molecule has 3 rings (SSSR count). The van der Waals surface area contributed by atoms with Gasteiger partial charge in [0.05, 0.1) is 0 Å². The molecule has 0 aliphatic carbocycles. The van der Waals surface area contributed by atoms with Crippen LogP contribution in [-0.2, 0) is 0 Å². The lowest BCUT2D eigenvalue weighted by Crippen LogP contribution is -2.36. The van der Waals surface area contributed by atoms with Gasteiger partial charge >= 0.3 is 0 Å². The maximum atomic E-state index is 14.4. The smallest absolute Gasteiger partial charge is 0.167 e. The van der Waals surface area contributed by atoms with Crippen molar-refractivity contribution in [2.75, 3.05) is 20.1 Å². The molecular weight excluding hydrogens is 277 g/mol. The fourth-order valence-corrected chi connectivity index (χ4v) is 3.14. The number of carbonyl (C=O) groups is 1. The van der Waals surface area contributed by atoms with Gasteiger partial charge in [0.25, 0.3) is 0 Å². The second-order valence-corrected chi connectivity index (χ2v) is 6.03. The monoisotopic (exact) mass is 297 g/mol. The summed E-state index contributed by atoms with van der Waals surface area (Å²) in [6.45, 7) is 1.80. The molecule has 1 saturated heterocycles. The minimum atomic E-state index is -0.332. The average Bonchev–Trinajstić information content (AvgIpc) is 2.55. The lowest BCUT2D eigenvalue weighted by molar-refractivity contribution is 0.0843. The van der Waals surface area contributed by atoms with E-state index in [9.17, 15) is 9.18 Å². The number of benzene rings is 2. The molecule has 0 saturated carbocycles. The SMILES string of the molecule is CN1CCC[C@@H](C(=O)c2ccc(-c3ccccc3)c(F)c2)C1. The highest BCUT2D eigenvalue weighted by Gasteiger charge is 2.25. The molecule has 1 atom stereocenters. The fraction of sp³-hybridized carbons (Fsp3) is 0.316. The molecule has 2 aromatic rings. The molecule has 0 bridgehead atoms. The van der Waals surface area contributed by atoms with E-state index < -0.39 is 0 Å². The Kier molecular flexibility index (Phi) is 4.34. The first kappa shape index (κ1) is 14.9. The topological polar surface area (TPSA) is 20.3 Å². The van der Waals surface area contributed by atoms with Crippen molar-refractivity contribution in [1.82, 2.24) is 4.90 Å². The van der Waals surface area contributed by atoms with Crippen LogP contribution in [0, 0.1) is 11.7 Å². The number of hydrogen-bond acceptors (Lipinski definition) is 2. The maximum Gasteiger partial charge on any atom is 0.167 e. The standard InChI is InChI=1S/C19H20FNO/c1-21-11-5-8-16(13-21)19(22)15-9-10-17(18(20)12-15)14-6-3-2-4-7-14/h2-4,6-7,9-10,12,16H,5,8,11,13H2,1H3/t16-/m1/s1. The molecule has 0 radical (unpaired) electrons. The van der Waals surface area contributed by atoms with Crippen molar-refractivity contribution in [3.63, 3.8) is 0 Å². The molecule has 1 aliphatic heterocycles. The molecule has 114 valence electrons. The summed E-state index contributed by atoms with van der Waals surface area (Å²) in [5.74, 6) is -0.285. The molecule has 0 spiro atoms. The number of hydrogen-bond donors (Lipinski definition) is 0. The zero-order valence-electron chi connectivity index (χ0n) is 12.8. The third kappa shape index (κ3) is 3.09. The summed E-state index contributed by atoms with van der Waals surface area (Å²) >= 11 is 0. The number of halogens is 1. The first-order valence-corrected chi connectivity index (χ1v) is 7.73.